The summed E-state index contributed by atoms with van der Waals surface area (Å²) >= 11 is 14.5. The van der Waals surface area contributed by atoms with E-state index in [2.05, 4.69) is 0 Å². The second-order valence-electron chi connectivity index (χ2n) is 4.48. The first-order valence-corrected chi connectivity index (χ1v) is 9.89. The number of thiophene rings is 2. The summed E-state index contributed by atoms with van der Waals surface area (Å²) in [5, 5.41) is 1.97. The molecular weight excluding hydrogens is 357 g/mol. The zero-order valence-electron chi connectivity index (χ0n) is 10.3. The summed E-state index contributed by atoms with van der Waals surface area (Å²) in [6, 6.07) is 5.27. The second kappa shape index (κ2) is 5.59. The Morgan fingerprint density at radius 2 is 2.15 bits per heavy atom. The average Bonchev–Trinajstić information content (AvgIpc) is 3.06. The van der Waals surface area contributed by atoms with E-state index in [1.54, 1.807) is 15.6 Å². The third kappa shape index (κ3) is 2.53. The fourth-order valence-electron chi connectivity index (χ4n) is 2.42. The first kappa shape index (κ1) is 14.8. The average molecular weight is 368 g/mol. The molecule has 3 heterocycles. The number of hydrogen-bond acceptors (Lipinski definition) is 4. The van der Waals surface area contributed by atoms with Gasteiger partial charge in [0.05, 0.1) is 10.4 Å². The molecule has 0 aromatic carbocycles. The van der Waals surface area contributed by atoms with Crippen LogP contribution in [0.1, 0.15) is 23.8 Å². The van der Waals surface area contributed by atoms with Gasteiger partial charge in [-0.25, -0.2) is 8.42 Å². The van der Waals surface area contributed by atoms with Crippen LogP contribution in [0.15, 0.2) is 28.5 Å². The van der Waals surface area contributed by atoms with Gasteiger partial charge >= 0.3 is 0 Å². The lowest BCUT2D eigenvalue weighted by molar-refractivity contribution is 0.401. The van der Waals surface area contributed by atoms with Crippen molar-refractivity contribution in [1.82, 2.24) is 4.31 Å². The third-order valence-corrected chi connectivity index (χ3v) is 7.92. The van der Waals surface area contributed by atoms with E-state index in [9.17, 15) is 8.42 Å². The van der Waals surface area contributed by atoms with Crippen molar-refractivity contribution in [2.75, 3.05) is 6.54 Å². The van der Waals surface area contributed by atoms with Gasteiger partial charge in [-0.15, -0.1) is 22.7 Å². The molecule has 108 valence electrons. The van der Waals surface area contributed by atoms with E-state index in [-0.39, 0.29) is 15.3 Å². The van der Waals surface area contributed by atoms with E-state index in [0.717, 1.165) is 29.1 Å². The molecule has 0 amide bonds. The van der Waals surface area contributed by atoms with E-state index < -0.39 is 10.0 Å². The van der Waals surface area contributed by atoms with Gasteiger partial charge in [0.15, 0.2) is 0 Å². The maximum Gasteiger partial charge on any atom is 0.246 e. The predicted octanol–water partition coefficient (Wildman–Crippen LogP) is 4.64. The molecule has 0 spiro atoms. The summed E-state index contributed by atoms with van der Waals surface area (Å²) in [6.45, 7) is 0.523. The standard InChI is InChI=1S/C12H11Cl2NO2S3/c13-11-7-10(12(14)19-11)20(16,17)15-5-1-3-8(15)9-4-2-6-18-9/h2,4,6-8H,1,3,5H2. The molecule has 8 heteroatoms. The van der Waals surface area contributed by atoms with Gasteiger partial charge in [-0.1, -0.05) is 29.3 Å². The number of halogens is 2. The lowest BCUT2D eigenvalue weighted by Gasteiger charge is -2.22. The van der Waals surface area contributed by atoms with Crippen molar-refractivity contribution >= 4 is 55.9 Å². The molecule has 0 N–H and O–H groups in total. The number of sulfonamides is 1. The van der Waals surface area contributed by atoms with Gasteiger partial charge in [-0.05, 0) is 30.4 Å². The largest absolute Gasteiger partial charge is 0.246 e. The molecule has 3 rings (SSSR count). The van der Waals surface area contributed by atoms with Gasteiger partial charge in [0.25, 0.3) is 0 Å². The van der Waals surface area contributed by atoms with Gasteiger partial charge in [-0.3, -0.25) is 0 Å². The van der Waals surface area contributed by atoms with Crippen LogP contribution in [0.3, 0.4) is 0 Å². The normalized spacial score (nSPS) is 20.6. The molecule has 0 radical (unpaired) electrons. The van der Waals surface area contributed by atoms with Gasteiger partial charge in [0.2, 0.25) is 10.0 Å². The maximum absolute atomic E-state index is 12.8. The molecule has 20 heavy (non-hydrogen) atoms. The minimum atomic E-state index is -3.59. The Morgan fingerprint density at radius 3 is 2.75 bits per heavy atom. The van der Waals surface area contributed by atoms with Crippen molar-refractivity contribution in [3.05, 3.63) is 37.1 Å². The second-order valence-corrected chi connectivity index (χ2v) is 9.60. The minimum Gasteiger partial charge on any atom is -0.207 e. The molecule has 2 aromatic heterocycles. The maximum atomic E-state index is 12.8. The molecule has 0 saturated carbocycles. The minimum absolute atomic E-state index is 0.0882. The van der Waals surface area contributed by atoms with Crippen LogP contribution in [-0.2, 0) is 10.0 Å². The molecule has 2 aromatic rings. The lowest BCUT2D eigenvalue weighted by Crippen LogP contribution is -2.30. The summed E-state index contributed by atoms with van der Waals surface area (Å²) in [4.78, 5) is 1.20. The molecule has 1 aliphatic rings. The fraction of sp³-hybridized carbons (Fsp3) is 0.333. The molecule has 1 saturated heterocycles. The fourth-order valence-corrected chi connectivity index (χ4v) is 7.15. The van der Waals surface area contributed by atoms with Crippen molar-refractivity contribution in [3.8, 4) is 0 Å². The van der Waals surface area contributed by atoms with Gasteiger partial charge in [0.1, 0.15) is 9.23 Å². The number of hydrogen-bond donors (Lipinski definition) is 0. The summed E-state index contributed by atoms with van der Waals surface area (Å²) in [5.74, 6) is 0. The van der Waals surface area contributed by atoms with E-state index in [1.807, 2.05) is 17.5 Å². The van der Waals surface area contributed by atoms with Crippen LogP contribution in [0.5, 0.6) is 0 Å². The molecule has 1 unspecified atom stereocenters. The Hall–Kier alpha value is -0.110. The van der Waals surface area contributed by atoms with Crippen LogP contribution < -0.4 is 0 Å². The highest BCUT2D eigenvalue weighted by Crippen LogP contribution is 2.42. The van der Waals surface area contributed by atoms with Gasteiger partial charge in [0, 0.05) is 11.4 Å². The van der Waals surface area contributed by atoms with E-state index >= 15 is 0 Å². The Kier molecular flexibility index (Phi) is 4.14. The van der Waals surface area contributed by atoms with Crippen LogP contribution >= 0.6 is 45.9 Å². The molecule has 1 fully saturated rings. The SMILES string of the molecule is O=S(=O)(c1cc(Cl)sc1Cl)N1CCCC1c1cccs1. The summed E-state index contributed by atoms with van der Waals surface area (Å²) in [6.07, 6.45) is 1.70. The van der Waals surface area contributed by atoms with Crippen molar-refractivity contribution in [2.45, 2.75) is 23.8 Å². The van der Waals surface area contributed by atoms with Crippen LogP contribution in [0.4, 0.5) is 0 Å². The summed E-state index contributed by atoms with van der Waals surface area (Å²) in [5.41, 5.74) is 0. The van der Waals surface area contributed by atoms with Crippen molar-refractivity contribution in [2.24, 2.45) is 0 Å². The molecular formula is C12H11Cl2NO2S3. The Bertz CT molecular complexity index is 709. The van der Waals surface area contributed by atoms with Crippen molar-refractivity contribution in [1.29, 1.82) is 0 Å². The molecule has 1 aliphatic heterocycles. The zero-order chi connectivity index (χ0) is 14.3. The van der Waals surface area contributed by atoms with Crippen molar-refractivity contribution < 1.29 is 8.42 Å². The van der Waals surface area contributed by atoms with Crippen LogP contribution in [0.25, 0.3) is 0 Å². The van der Waals surface area contributed by atoms with Crippen LogP contribution in [0.2, 0.25) is 8.67 Å². The Balaban J connectivity index is 2.00. The quantitative estimate of drug-likeness (QED) is 0.791. The number of nitrogens with zero attached hydrogens (tertiary/aromatic N) is 1. The lowest BCUT2D eigenvalue weighted by atomic mass is 10.2. The first-order valence-electron chi connectivity index (χ1n) is 6.00. The van der Waals surface area contributed by atoms with Crippen LogP contribution in [0, 0.1) is 0 Å². The van der Waals surface area contributed by atoms with E-state index in [1.165, 1.54) is 6.07 Å². The first-order chi connectivity index (χ1) is 9.50. The Morgan fingerprint density at radius 1 is 1.35 bits per heavy atom. The highest BCUT2D eigenvalue weighted by Gasteiger charge is 2.38. The summed E-state index contributed by atoms with van der Waals surface area (Å²) in [7, 11) is -3.59. The van der Waals surface area contributed by atoms with Crippen molar-refractivity contribution in [3.63, 3.8) is 0 Å². The zero-order valence-corrected chi connectivity index (χ0v) is 14.2. The molecule has 1 atom stereocenters. The number of rotatable bonds is 3. The predicted molar refractivity (Wildman–Crippen MR) is 84.5 cm³/mol. The van der Waals surface area contributed by atoms with Gasteiger partial charge < -0.3 is 0 Å². The third-order valence-electron chi connectivity index (χ3n) is 3.29. The van der Waals surface area contributed by atoms with E-state index in [0.29, 0.717) is 10.9 Å². The summed E-state index contributed by atoms with van der Waals surface area (Å²) < 4.78 is 27.7. The monoisotopic (exact) mass is 367 g/mol. The highest BCUT2D eigenvalue weighted by molar-refractivity contribution is 7.89. The highest BCUT2D eigenvalue weighted by atomic mass is 35.5. The topological polar surface area (TPSA) is 37.4 Å². The van der Waals surface area contributed by atoms with Gasteiger partial charge in [-0.2, -0.15) is 4.31 Å². The molecule has 0 aliphatic carbocycles. The smallest absolute Gasteiger partial charge is 0.207 e. The van der Waals surface area contributed by atoms with E-state index in [4.69, 9.17) is 23.2 Å². The molecule has 3 nitrogen and oxygen atoms in total. The Labute approximate surface area is 135 Å². The molecule has 0 bridgehead atoms. The van der Waals surface area contributed by atoms with Crippen LogP contribution in [-0.4, -0.2) is 19.3 Å².